The molecule has 5 nitrogen and oxygen atoms in total. The Morgan fingerprint density at radius 2 is 1.72 bits per heavy atom. The van der Waals surface area contributed by atoms with Crippen molar-refractivity contribution in [3.63, 3.8) is 0 Å². The molecule has 0 aromatic heterocycles. The SMILES string of the molecule is Cc1cccc(NS(=O)(=O)c2ccc(Cl)c(C(=O)NCCc3ccccc3)c2)c1. The quantitative estimate of drug-likeness (QED) is 0.584. The van der Waals surface area contributed by atoms with Crippen molar-refractivity contribution in [2.24, 2.45) is 0 Å². The summed E-state index contributed by atoms with van der Waals surface area (Å²) in [5, 5.41) is 2.98. The largest absolute Gasteiger partial charge is 0.352 e. The van der Waals surface area contributed by atoms with Gasteiger partial charge in [0, 0.05) is 12.2 Å². The lowest BCUT2D eigenvalue weighted by molar-refractivity contribution is 0.0954. The van der Waals surface area contributed by atoms with E-state index in [0.29, 0.717) is 18.7 Å². The molecule has 0 unspecified atom stereocenters. The summed E-state index contributed by atoms with van der Waals surface area (Å²) in [4.78, 5) is 12.5. The number of aryl methyl sites for hydroxylation is 1. The summed E-state index contributed by atoms with van der Waals surface area (Å²) < 4.78 is 27.9. The van der Waals surface area contributed by atoms with Gasteiger partial charge in [-0.15, -0.1) is 0 Å². The Hall–Kier alpha value is -2.83. The second-order valence-electron chi connectivity index (χ2n) is 6.61. The first-order valence-electron chi connectivity index (χ1n) is 9.06. The maximum Gasteiger partial charge on any atom is 0.261 e. The molecule has 7 heteroatoms. The Morgan fingerprint density at radius 3 is 2.45 bits per heavy atom. The van der Waals surface area contributed by atoms with Gasteiger partial charge in [-0.25, -0.2) is 8.42 Å². The number of hydrogen-bond donors (Lipinski definition) is 2. The smallest absolute Gasteiger partial charge is 0.261 e. The minimum Gasteiger partial charge on any atom is -0.352 e. The lowest BCUT2D eigenvalue weighted by atomic mass is 10.1. The van der Waals surface area contributed by atoms with Crippen LogP contribution < -0.4 is 10.0 Å². The van der Waals surface area contributed by atoms with Crippen molar-refractivity contribution in [1.29, 1.82) is 0 Å². The van der Waals surface area contributed by atoms with Crippen molar-refractivity contribution in [1.82, 2.24) is 5.32 Å². The molecule has 0 heterocycles. The van der Waals surface area contributed by atoms with Crippen molar-refractivity contribution >= 4 is 33.2 Å². The van der Waals surface area contributed by atoms with Gasteiger partial charge in [0.2, 0.25) is 0 Å². The van der Waals surface area contributed by atoms with Crippen molar-refractivity contribution in [2.45, 2.75) is 18.2 Å². The van der Waals surface area contributed by atoms with Gasteiger partial charge >= 0.3 is 0 Å². The molecule has 1 amide bonds. The van der Waals surface area contributed by atoms with Gasteiger partial charge in [0.15, 0.2) is 0 Å². The lowest BCUT2D eigenvalue weighted by Crippen LogP contribution is -2.26. The van der Waals surface area contributed by atoms with E-state index in [4.69, 9.17) is 11.6 Å². The zero-order chi connectivity index (χ0) is 20.9. The Morgan fingerprint density at radius 1 is 0.966 bits per heavy atom. The van der Waals surface area contributed by atoms with Crippen LogP contribution >= 0.6 is 11.6 Å². The number of nitrogens with one attached hydrogen (secondary N) is 2. The Bertz CT molecular complexity index is 1120. The van der Waals surface area contributed by atoms with Gasteiger partial charge in [0.05, 0.1) is 15.5 Å². The number of hydrogen-bond acceptors (Lipinski definition) is 3. The standard InChI is InChI=1S/C22H21ClN2O3S/c1-16-6-5-9-18(14-16)25-29(27,28)19-10-11-21(23)20(15-19)22(26)24-13-12-17-7-3-2-4-8-17/h2-11,14-15,25H,12-13H2,1H3,(H,24,26). The number of halogens is 1. The van der Waals surface area contributed by atoms with E-state index < -0.39 is 15.9 Å². The third kappa shape index (κ3) is 5.59. The number of amides is 1. The Labute approximate surface area is 175 Å². The maximum atomic E-state index is 12.7. The third-order valence-corrected chi connectivity index (χ3v) is 6.01. The number of sulfonamides is 1. The van der Waals surface area contributed by atoms with Crippen LogP contribution in [0.15, 0.2) is 77.7 Å². The van der Waals surface area contributed by atoms with Gasteiger partial charge in [-0.3, -0.25) is 9.52 Å². The van der Waals surface area contributed by atoms with E-state index in [0.717, 1.165) is 11.1 Å². The molecule has 0 saturated carbocycles. The highest BCUT2D eigenvalue weighted by Gasteiger charge is 2.19. The van der Waals surface area contributed by atoms with Gasteiger partial charge in [0.25, 0.3) is 15.9 Å². The van der Waals surface area contributed by atoms with Gasteiger partial charge in [-0.05, 0) is 54.8 Å². The van der Waals surface area contributed by atoms with Crippen molar-refractivity contribution in [3.8, 4) is 0 Å². The van der Waals surface area contributed by atoms with E-state index >= 15 is 0 Å². The summed E-state index contributed by atoms with van der Waals surface area (Å²) in [5.74, 6) is -0.418. The second kappa shape index (κ2) is 9.11. The van der Waals surface area contributed by atoms with Crippen LogP contribution in [0.2, 0.25) is 5.02 Å². The first-order chi connectivity index (χ1) is 13.8. The monoisotopic (exact) mass is 428 g/mol. The molecule has 0 aliphatic carbocycles. The van der Waals surface area contributed by atoms with E-state index in [2.05, 4.69) is 10.0 Å². The summed E-state index contributed by atoms with van der Waals surface area (Å²) in [6.45, 7) is 2.29. The average molecular weight is 429 g/mol. The van der Waals surface area contributed by atoms with Crippen LogP contribution in [0, 0.1) is 6.92 Å². The molecule has 29 heavy (non-hydrogen) atoms. The summed E-state index contributed by atoms with van der Waals surface area (Å²) >= 11 is 6.14. The fourth-order valence-corrected chi connectivity index (χ4v) is 4.11. The minimum absolute atomic E-state index is 0.0309. The zero-order valence-electron chi connectivity index (χ0n) is 15.9. The first-order valence-corrected chi connectivity index (χ1v) is 10.9. The van der Waals surface area contributed by atoms with E-state index in [1.54, 1.807) is 18.2 Å². The number of carbonyl (C=O) groups is 1. The molecule has 0 radical (unpaired) electrons. The number of anilines is 1. The van der Waals surface area contributed by atoms with Crippen LogP contribution in [0.25, 0.3) is 0 Å². The molecule has 0 spiro atoms. The molecular formula is C22H21ClN2O3S. The fourth-order valence-electron chi connectivity index (χ4n) is 2.83. The van der Waals surface area contributed by atoms with Crippen molar-refractivity contribution < 1.29 is 13.2 Å². The summed E-state index contributed by atoms with van der Waals surface area (Å²) in [5.41, 5.74) is 2.60. The molecule has 3 rings (SSSR count). The van der Waals surface area contributed by atoms with Crippen LogP contribution in [0.3, 0.4) is 0 Å². The number of rotatable bonds is 7. The lowest BCUT2D eigenvalue weighted by Gasteiger charge is -2.11. The van der Waals surface area contributed by atoms with Gasteiger partial charge < -0.3 is 5.32 Å². The predicted molar refractivity (Wildman–Crippen MR) is 116 cm³/mol. The summed E-state index contributed by atoms with van der Waals surface area (Å²) in [7, 11) is -3.85. The molecule has 2 N–H and O–H groups in total. The topological polar surface area (TPSA) is 75.3 Å². The third-order valence-electron chi connectivity index (χ3n) is 4.31. The number of benzene rings is 3. The molecule has 3 aromatic carbocycles. The molecule has 0 atom stereocenters. The van der Waals surface area contributed by atoms with Crippen molar-refractivity contribution in [3.05, 3.63) is 94.5 Å². The molecular weight excluding hydrogens is 408 g/mol. The zero-order valence-corrected chi connectivity index (χ0v) is 17.4. The van der Waals surface area contributed by atoms with Gasteiger partial charge in [-0.1, -0.05) is 54.1 Å². The molecule has 0 bridgehead atoms. The fraction of sp³-hybridized carbons (Fsp3) is 0.136. The first kappa shape index (κ1) is 20.9. The van der Waals surface area contributed by atoms with Crippen LogP contribution in [-0.2, 0) is 16.4 Å². The highest BCUT2D eigenvalue weighted by molar-refractivity contribution is 7.92. The van der Waals surface area contributed by atoms with Crippen LogP contribution in [0.4, 0.5) is 5.69 Å². The van der Waals surface area contributed by atoms with Crippen molar-refractivity contribution in [2.75, 3.05) is 11.3 Å². The number of carbonyl (C=O) groups excluding carboxylic acids is 1. The summed E-state index contributed by atoms with van der Waals surface area (Å²) in [6, 6.07) is 20.9. The highest BCUT2D eigenvalue weighted by atomic mass is 35.5. The molecule has 0 aliphatic heterocycles. The Kier molecular flexibility index (Phi) is 6.56. The molecule has 3 aromatic rings. The second-order valence-corrected chi connectivity index (χ2v) is 8.70. The molecule has 150 valence electrons. The summed E-state index contributed by atoms with van der Waals surface area (Å²) in [6.07, 6.45) is 0.664. The maximum absolute atomic E-state index is 12.7. The molecule has 0 saturated heterocycles. The predicted octanol–water partition coefficient (Wildman–Crippen LogP) is 4.42. The van der Waals surface area contributed by atoms with E-state index in [9.17, 15) is 13.2 Å². The normalized spacial score (nSPS) is 11.1. The van der Waals surface area contributed by atoms with Gasteiger partial charge in [-0.2, -0.15) is 0 Å². The highest BCUT2D eigenvalue weighted by Crippen LogP contribution is 2.23. The van der Waals surface area contributed by atoms with Gasteiger partial charge in [0.1, 0.15) is 0 Å². The molecule has 0 aliphatic rings. The van der Waals surface area contributed by atoms with E-state index in [-0.39, 0.29) is 15.5 Å². The van der Waals surface area contributed by atoms with E-state index in [1.165, 1.54) is 18.2 Å². The van der Waals surface area contributed by atoms with E-state index in [1.807, 2.05) is 43.3 Å². The molecule has 0 fully saturated rings. The van der Waals surface area contributed by atoms with Crippen LogP contribution in [-0.4, -0.2) is 20.9 Å². The minimum atomic E-state index is -3.85. The van der Waals surface area contributed by atoms with Crippen LogP contribution in [0.1, 0.15) is 21.5 Å². The average Bonchev–Trinajstić information content (AvgIpc) is 2.68. The van der Waals surface area contributed by atoms with Crippen LogP contribution in [0.5, 0.6) is 0 Å². The Balaban J connectivity index is 1.73.